The van der Waals surface area contributed by atoms with E-state index in [2.05, 4.69) is 0 Å². The van der Waals surface area contributed by atoms with E-state index in [-0.39, 0.29) is 11.4 Å². The molecule has 1 aromatic carbocycles. The highest BCUT2D eigenvalue weighted by atomic mass is 19.1. The molecule has 0 saturated heterocycles. The molecular formula is C20H22FNO. The average Bonchev–Trinajstić information content (AvgIpc) is 2.52. The van der Waals surface area contributed by atoms with E-state index >= 15 is 0 Å². The molecule has 0 N–H and O–H groups in total. The molecule has 0 bridgehead atoms. The number of fused-ring (bicyclic) bond motifs is 1. The Hall–Kier alpha value is -1.90. The van der Waals surface area contributed by atoms with Crippen LogP contribution in [0.2, 0.25) is 0 Å². The zero-order valence-corrected chi connectivity index (χ0v) is 13.4. The van der Waals surface area contributed by atoms with Gasteiger partial charge in [-0.25, -0.2) is 4.39 Å². The third kappa shape index (κ3) is 2.73. The molecule has 2 aliphatic carbocycles. The van der Waals surface area contributed by atoms with Crippen molar-refractivity contribution in [3.05, 3.63) is 57.8 Å². The zero-order chi connectivity index (χ0) is 15.8. The van der Waals surface area contributed by atoms with Gasteiger partial charge < -0.3 is 4.57 Å². The summed E-state index contributed by atoms with van der Waals surface area (Å²) in [4.78, 5) is 13.1. The summed E-state index contributed by atoms with van der Waals surface area (Å²) in [5.41, 5.74) is 3.93. The normalized spacial score (nSPS) is 17.6. The Morgan fingerprint density at radius 2 is 1.91 bits per heavy atom. The van der Waals surface area contributed by atoms with E-state index in [0.29, 0.717) is 17.0 Å². The number of pyridine rings is 1. The Morgan fingerprint density at radius 1 is 1.09 bits per heavy atom. The summed E-state index contributed by atoms with van der Waals surface area (Å²) in [6.07, 6.45) is 8.11. The van der Waals surface area contributed by atoms with Crippen LogP contribution in [0.25, 0.3) is 11.1 Å². The van der Waals surface area contributed by atoms with Gasteiger partial charge in [0.1, 0.15) is 5.82 Å². The van der Waals surface area contributed by atoms with Gasteiger partial charge in [-0.1, -0.05) is 18.6 Å². The predicted molar refractivity (Wildman–Crippen MR) is 90.1 cm³/mol. The van der Waals surface area contributed by atoms with Crippen molar-refractivity contribution in [1.29, 1.82) is 0 Å². The van der Waals surface area contributed by atoms with Crippen LogP contribution >= 0.6 is 0 Å². The van der Waals surface area contributed by atoms with Crippen LogP contribution in [0.1, 0.15) is 43.4 Å². The van der Waals surface area contributed by atoms with Gasteiger partial charge in [0.25, 0.3) is 5.56 Å². The molecule has 0 amide bonds. The number of hydrogen-bond donors (Lipinski definition) is 0. The Morgan fingerprint density at radius 3 is 2.65 bits per heavy atom. The van der Waals surface area contributed by atoms with Crippen molar-refractivity contribution < 1.29 is 4.39 Å². The second-order valence-electron chi connectivity index (χ2n) is 6.96. The first-order valence-electron chi connectivity index (χ1n) is 8.74. The van der Waals surface area contributed by atoms with Crippen molar-refractivity contribution in [3.8, 4) is 11.1 Å². The summed E-state index contributed by atoms with van der Waals surface area (Å²) < 4.78 is 15.6. The van der Waals surface area contributed by atoms with Crippen LogP contribution in [0.5, 0.6) is 0 Å². The lowest BCUT2D eigenvalue weighted by Crippen LogP contribution is -2.32. The Labute approximate surface area is 136 Å². The van der Waals surface area contributed by atoms with Gasteiger partial charge >= 0.3 is 0 Å². The van der Waals surface area contributed by atoms with E-state index < -0.39 is 0 Å². The summed E-state index contributed by atoms with van der Waals surface area (Å²) in [6, 6.07) is 8.43. The number of benzene rings is 1. The predicted octanol–water partition coefficient (Wildman–Crippen LogP) is 4.33. The first kappa shape index (κ1) is 14.7. The number of halogens is 1. The molecule has 4 rings (SSSR count). The Kier molecular flexibility index (Phi) is 3.80. The summed E-state index contributed by atoms with van der Waals surface area (Å²) in [6.45, 7) is 0.838. The molecule has 0 radical (unpaired) electrons. The topological polar surface area (TPSA) is 22.0 Å². The van der Waals surface area contributed by atoms with E-state index in [1.807, 2.05) is 16.7 Å². The molecule has 0 aliphatic heterocycles. The molecular weight excluding hydrogens is 289 g/mol. The van der Waals surface area contributed by atoms with E-state index in [0.717, 1.165) is 25.8 Å². The van der Waals surface area contributed by atoms with Gasteiger partial charge in [-0.05, 0) is 73.8 Å². The highest BCUT2D eigenvalue weighted by Gasteiger charge is 2.23. The number of rotatable bonds is 3. The fourth-order valence-electron chi connectivity index (χ4n) is 3.87. The number of nitrogens with zero attached hydrogens (tertiary/aromatic N) is 1. The summed E-state index contributed by atoms with van der Waals surface area (Å²) >= 11 is 0. The van der Waals surface area contributed by atoms with Crippen LogP contribution in [0, 0.1) is 11.7 Å². The molecule has 120 valence electrons. The number of aromatic nitrogens is 1. The van der Waals surface area contributed by atoms with Crippen molar-refractivity contribution in [3.63, 3.8) is 0 Å². The van der Waals surface area contributed by atoms with Crippen molar-refractivity contribution >= 4 is 0 Å². The maximum absolute atomic E-state index is 13.6. The second-order valence-corrected chi connectivity index (χ2v) is 6.96. The van der Waals surface area contributed by atoms with Gasteiger partial charge in [0.05, 0.1) is 0 Å². The lowest BCUT2D eigenvalue weighted by atomic mass is 9.84. The van der Waals surface area contributed by atoms with Crippen LogP contribution in [0.3, 0.4) is 0 Å². The highest BCUT2D eigenvalue weighted by Crippen LogP contribution is 2.30. The minimum atomic E-state index is -0.287. The maximum Gasteiger partial charge on any atom is 0.258 e. The lowest BCUT2D eigenvalue weighted by Gasteiger charge is -2.30. The van der Waals surface area contributed by atoms with Gasteiger partial charge in [0.2, 0.25) is 0 Å². The molecule has 23 heavy (non-hydrogen) atoms. The van der Waals surface area contributed by atoms with E-state index in [1.54, 1.807) is 6.07 Å². The van der Waals surface area contributed by atoms with Crippen molar-refractivity contribution in [2.45, 2.75) is 51.5 Å². The van der Waals surface area contributed by atoms with Gasteiger partial charge in [-0.3, -0.25) is 4.79 Å². The Bertz CT molecular complexity index is 789. The molecule has 0 unspecified atom stereocenters. The third-order valence-electron chi connectivity index (χ3n) is 5.40. The zero-order valence-electron chi connectivity index (χ0n) is 13.4. The van der Waals surface area contributed by atoms with Gasteiger partial charge in [0.15, 0.2) is 0 Å². The monoisotopic (exact) mass is 311 g/mol. The summed E-state index contributed by atoms with van der Waals surface area (Å²) in [5.74, 6) is 0.353. The molecule has 2 aliphatic rings. The van der Waals surface area contributed by atoms with Crippen LogP contribution in [-0.2, 0) is 19.4 Å². The average molecular weight is 311 g/mol. The van der Waals surface area contributed by atoms with Crippen molar-refractivity contribution in [1.82, 2.24) is 4.57 Å². The molecule has 3 heteroatoms. The molecule has 0 spiro atoms. The minimum absolute atomic E-state index is 0.0585. The van der Waals surface area contributed by atoms with Crippen molar-refractivity contribution in [2.24, 2.45) is 5.92 Å². The lowest BCUT2D eigenvalue weighted by molar-refractivity contribution is 0.269. The number of hydrogen-bond acceptors (Lipinski definition) is 1. The van der Waals surface area contributed by atoms with Crippen molar-refractivity contribution in [2.75, 3.05) is 0 Å². The second kappa shape index (κ2) is 5.95. The van der Waals surface area contributed by atoms with Gasteiger partial charge in [-0.15, -0.1) is 0 Å². The molecule has 2 aromatic rings. The number of aryl methyl sites for hydroxylation is 1. The van der Waals surface area contributed by atoms with E-state index in [1.165, 1.54) is 49.1 Å². The molecule has 1 heterocycles. The quantitative estimate of drug-likeness (QED) is 0.827. The smallest absolute Gasteiger partial charge is 0.258 e. The first-order chi connectivity index (χ1) is 11.2. The Balaban J connectivity index is 1.86. The third-order valence-corrected chi connectivity index (χ3v) is 5.40. The molecule has 0 atom stereocenters. The first-order valence-corrected chi connectivity index (χ1v) is 8.74. The van der Waals surface area contributed by atoms with E-state index in [9.17, 15) is 9.18 Å². The highest BCUT2D eigenvalue weighted by molar-refractivity contribution is 5.63. The van der Waals surface area contributed by atoms with E-state index in [4.69, 9.17) is 0 Å². The van der Waals surface area contributed by atoms with Gasteiger partial charge in [0, 0.05) is 17.8 Å². The van der Waals surface area contributed by atoms with Crippen LogP contribution < -0.4 is 5.56 Å². The summed E-state index contributed by atoms with van der Waals surface area (Å²) in [7, 11) is 0. The molecule has 1 saturated carbocycles. The maximum atomic E-state index is 13.6. The molecule has 1 fully saturated rings. The van der Waals surface area contributed by atoms with Gasteiger partial charge in [-0.2, -0.15) is 0 Å². The molecule has 2 nitrogen and oxygen atoms in total. The fourth-order valence-corrected chi connectivity index (χ4v) is 3.87. The van der Waals surface area contributed by atoms with Crippen LogP contribution in [0.15, 0.2) is 35.1 Å². The van der Waals surface area contributed by atoms with Crippen LogP contribution in [-0.4, -0.2) is 4.57 Å². The largest absolute Gasteiger partial charge is 0.312 e. The fraction of sp³-hybridized carbons (Fsp3) is 0.450. The molecule has 1 aromatic heterocycles. The standard InChI is InChI=1S/C20H22FNO/c21-17-9-4-8-15(11-17)18-12-16-7-1-2-10-19(16)22(20(18)23)13-14-5-3-6-14/h4,8-9,11-12,14H,1-3,5-7,10,13H2. The minimum Gasteiger partial charge on any atom is -0.312 e. The SMILES string of the molecule is O=c1c(-c2cccc(F)c2)cc2c(n1CC1CCC1)CCCC2. The van der Waals surface area contributed by atoms with Crippen LogP contribution in [0.4, 0.5) is 4.39 Å². The summed E-state index contributed by atoms with van der Waals surface area (Å²) in [5, 5.41) is 0.